The largest absolute Gasteiger partial charge is 0.496 e. The molecule has 0 aliphatic rings. The molecule has 0 amide bonds. The van der Waals surface area contributed by atoms with E-state index in [-0.39, 0.29) is 6.29 Å². The van der Waals surface area contributed by atoms with Gasteiger partial charge in [0, 0.05) is 12.4 Å². The zero-order valence-electron chi connectivity index (χ0n) is 14.1. The Bertz CT molecular complexity index is 958. The highest BCUT2D eigenvalue weighted by Gasteiger charge is 2.32. The van der Waals surface area contributed by atoms with Gasteiger partial charge in [-0.3, -0.25) is 5.01 Å². The second-order valence-electron chi connectivity index (χ2n) is 5.82. The zero-order chi connectivity index (χ0) is 17.9. The van der Waals surface area contributed by atoms with Gasteiger partial charge < -0.3 is 9.30 Å². The number of methoxy groups -OCH3 is 1. The van der Waals surface area contributed by atoms with Crippen LogP contribution < -0.4 is 15.3 Å². The van der Waals surface area contributed by atoms with Crippen LogP contribution in [0.25, 0.3) is 10.8 Å². The maximum absolute atomic E-state index is 14.1. The van der Waals surface area contributed by atoms with Crippen LogP contribution in [0.4, 0.5) is 0 Å². The molecule has 1 atom stereocenters. The lowest BCUT2D eigenvalue weighted by atomic mass is 10.1. The van der Waals surface area contributed by atoms with Crippen molar-refractivity contribution in [2.45, 2.75) is 0 Å². The number of nitrogens with zero attached hydrogens (tertiary/aromatic N) is 2. The summed E-state index contributed by atoms with van der Waals surface area (Å²) in [5.74, 6) is 0.540. The molecule has 5 nitrogen and oxygen atoms in total. The van der Waals surface area contributed by atoms with Gasteiger partial charge in [0.15, 0.2) is 7.14 Å². The highest BCUT2D eigenvalue weighted by atomic mass is 31.2. The molecule has 0 saturated carbocycles. The van der Waals surface area contributed by atoms with E-state index in [1.54, 1.807) is 19.2 Å². The van der Waals surface area contributed by atoms with Gasteiger partial charge >= 0.3 is 0 Å². The molecule has 3 rings (SSSR count). The molecule has 0 spiro atoms. The SMILES string of the molecule is COc1ccccc1P(=O)(CN(C)N=O)c1ccc2ccccc2c1. The molecule has 0 radical (unpaired) electrons. The predicted octanol–water partition coefficient (Wildman–Crippen LogP) is 3.73. The average molecular weight is 354 g/mol. The number of benzene rings is 3. The molecule has 0 aliphatic carbocycles. The Morgan fingerprint density at radius 2 is 1.68 bits per heavy atom. The van der Waals surface area contributed by atoms with Gasteiger partial charge in [-0.25, -0.2) is 0 Å². The van der Waals surface area contributed by atoms with E-state index in [1.165, 1.54) is 12.1 Å². The number of ether oxygens (including phenoxy) is 1. The number of para-hydroxylation sites is 1. The first-order valence-corrected chi connectivity index (χ1v) is 9.74. The lowest BCUT2D eigenvalue weighted by Crippen LogP contribution is -2.26. The Morgan fingerprint density at radius 3 is 2.40 bits per heavy atom. The monoisotopic (exact) mass is 354 g/mol. The molecule has 3 aromatic carbocycles. The number of hydrogen-bond donors (Lipinski definition) is 0. The highest BCUT2D eigenvalue weighted by molar-refractivity contribution is 7.78. The van der Waals surface area contributed by atoms with Crippen molar-refractivity contribution < 1.29 is 9.30 Å². The van der Waals surface area contributed by atoms with Crippen molar-refractivity contribution >= 4 is 28.5 Å². The molecule has 25 heavy (non-hydrogen) atoms. The molecule has 0 aromatic heterocycles. The first-order valence-electron chi connectivity index (χ1n) is 7.85. The van der Waals surface area contributed by atoms with E-state index in [0.29, 0.717) is 16.4 Å². The molecule has 6 heteroatoms. The summed E-state index contributed by atoms with van der Waals surface area (Å²) in [6.07, 6.45) is 0.00914. The Balaban J connectivity index is 2.22. The van der Waals surface area contributed by atoms with E-state index >= 15 is 0 Å². The Labute approximate surface area is 146 Å². The summed E-state index contributed by atoms with van der Waals surface area (Å²) in [4.78, 5) is 10.9. The molecule has 0 bridgehead atoms. The minimum Gasteiger partial charge on any atom is -0.496 e. The second kappa shape index (κ2) is 7.08. The van der Waals surface area contributed by atoms with Crippen molar-refractivity contribution in [1.82, 2.24) is 5.01 Å². The molecule has 128 valence electrons. The minimum atomic E-state index is -3.15. The number of nitroso groups, excluding NO2 is 1. The maximum Gasteiger partial charge on any atom is 0.166 e. The van der Waals surface area contributed by atoms with Gasteiger partial charge in [-0.05, 0) is 29.0 Å². The summed E-state index contributed by atoms with van der Waals surface area (Å²) in [5, 5.41) is 7.41. The average Bonchev–Trinajstić information content (AvgIpc) is 2.67. The quantitative estimate of drug-likeness (QED) is 0.384. The van der Waals surface area contributed by atoms with E-state index in [0.717, 1.165) is 10.8 Å². The fourth-order valence-corrected chi connectivity index (χ4v) is 5.67. The number of hydrogen-bond acceptors (Lipinski definition) is 4. The third-order valence-corrected chi connectivity index (χ3v) is 7.24. The molecular formula is C19H19N2O3P. The lowest BCUT2D eigenvalue weighted by molar-refractivity contribution is 0.400. The molecule has 0 aliphatic heterocycles. The summed E-state index contributed by atoms with van der Waals surface area (Å²) in [7, 11) is -0.0772. The van der Waals surface area contributed by atoms with E-state index < -0.39 is 7.14 Å². The zero-order valence-corrected chi connectivity index (χ0v) is 15.0. The molecule has 0 N–H and O–H groups in total. The van der Waals surface area contributed by atoms with Crippen molar-refractivity contribution in [2.24, 2.45) is 5.29 Å². The summed E-state index contributed by atoms with van der Waals surface area (Å²) in [6.45, 7) is 0. The standard InChI is InChI=1S/C19H19N2O3P/c1-21(20-22)14-25(23,19-10-6-5-9-18(19)24-2)17-12-11-15-7-3-4-8-16(15)13-17/h3-13H,14H2,1-2H3. The second-order valence-corrected chi connectivity index (χ2v) is 8.58. The maximum atomic E-state index is 14.1. The predicted molar refractivity (Wildman–Crippen MR) is 102 cm³/mol. The van der Waals surface area contributed by atoms with Crippen molar-refractivity contribution in [3.05, 3.63) is 71.6 Å². The first kappa shape index (κ1) is 17.2. The van der Waals surface area contributed by atoms with Crippen LogP contribution in [0.5, 0.6) is 5.75 Å². The smallest absolute Gasteiger partial charge is 0.166 e. The van der Waals surface area contributed by atoms with Gasteiger partial charge in [-0.15, -0.1) is 4.91 Å². The summed E-state index contributed by atoms with van der Waals surface area (Å²) in [5.41, 5.74) is 0. The Morgan fingerprint density at radius 1 is 1.00 bits per heavy atom. The summed E-state index contributed by atoms with van der Waals surface area (Å²) < 4.78 is 19.5. The summed E-state index contributed by atoms with van der Waals surface area (Å²) >= 11 is 0. The van der Waals surface area contributed by atoms with E-state index in [2.05, 4.69) is 5.29 Å². The molecule has 0 heterocycles. The van der Waals surface area contributed by atoms with E-state index in [4.69, 9.17) is 4.74 Å². The van der Waals surface area contributed by atoms with Gasteiger partial charge in [0.05, 0.1) is 17.7 Å². The first-order chi connectivity index (χ1) is 12.1. The third kappa shape index (κ3) is 3.28. The fraction of sp³-hybridized carbons (Fsp3) is 0.158. The number of fused-ring (bicyclic) bond motifs is 1. The minimum absolute atomic E-state index is 0.00914. The van der Waals surface area contributed by atoms with Gasteiger partial charge in [-0.2, -0.15) is 0 Å². The Kier molecular flexibility index (Phi) is 4.86. The van der Waals surface area contributed by atoms with Crippen LogP contribution in [-0.4, -0.2) is 25.5 Å². The van der Waals surface area contributed by atoms with Crippen molar-refractivity contribution in [1.29, 1.82) is 0 Å². The highest BCUT2D eigenvalue weighted by Crippen LogP contribution is 2.46. The van der Waals surface area contributed by atoms with Crippen molar-refractivity contribution in [3.8, 4) is 5.75 Å². The molecular weight excluding hydrogens is 335 g/mol. The van der Waals surface area contributed by atoms with Crippen LogP contribution in [0.1, 0.15) is 0 Å². The lowest BCUT2D eigenvalue weighted by Gasteiger charge is -2.24. The Hall–Kier alpha value is -2.65. The van der Waals surface area contributed by atoms with Crippen LogP contribution in [0, 0.1) is 4.91 Å². The molecule has 0 saturated heterocycles. The number of rotatable bonds is 6. The van der Waals surface area contributed by atoms with Gasteiger partial charge in [-0.1, -0.05) is 48.5 Å². The van der Waals surface area contributed by atoms with Crippen LogP contribution in [0.3, 0.4) is 0 Å². The van der Waals surface area contributed by atoms with Crippen LogP contribution in [0.2, 0.25) is 0 Å². The molecule has 3 aromatic rings. The molecule has 0 fully saturated rings. The fourth-order valence-electron chi connectivity index (χ4n) is 2.94. The topological polar surface area (TPSA) is 59.0 Å². The van der Waals surface area contributed by atoms with Crippen LogP contribution in [0.15, 0.2) is 72.0 Å². The van der Waals surface area contributed by atoms with Crippen LogP contribution >= 0.6 is 7.14 Å². The van der Waals surface area contributed by atoms with Crippen LogP contribution in [-0.2, 0) is 4.57 Å². The normalized spacial score (nSPS) is 13.2. The van der Waals surface area contributed by atoms with Crippen molar-refractivity contribution in [3.63, 3.8) is 0 Å². The van der Waals surface area contributed by atoms with Gasteiger partial charge in [0.1, 0.15) is 12.0 Å². The molecule has 1 unspecified atom stereocenters. The van der Waals surface area contributed by atoms with E-state index in [1.807, 2.05) is 54.6 Å². The summed E-state index contributed by atoms with van der Waals surface area (Å²) in [6, 6.07) is 20.8. The van der Waals surface area contributed by atoms with Crippen molar-refractivity contribution in [2.75, 3.05) is 20.4 Å². The third-order valence-electron chi connectivity index (χ3n) is 4.17. The van der Waals surface area contributed by atoms with Gasteiger partial charge in [0.25, 0.3) is 0 Å². The van der Waals surface area contributed by atoms with Gasteiger partial charge in [0.2, 0.25) is 0 Å². The van der Waals surface area contributed by atoms with E-state index in [9.17, 15) is 9.47 Å².